The van der Waals surface area contributed by atoms with Crippen molar-refractivity contribution in [2.24, 2.45) is 0 Å². The van der Waals surface area contributed by atoms with Crippen molar-refractivity contribution in [2.75, 3.05) is 19.7 Å². The number of likely N-dealkylation sites (tertiary alicyclic amines) is 1. The maximum atomic E-state index is 12.4. The molecule has 1 amide bonds. The molecule has 1 aliphatic rings. The summed E-state index contributed by atoms with van der Waals surface area (Å²) in [6, 6.07) is 11.4. The van der Waals surface area contributed by atoms with Crippen LogP contribution >= 0.6 is 0 Å². The van der Waals surface area contributed by atoms with E-state index in [0.29, 0.717) is 6.54 Å². The van der Waals surface area contributed by atoms with E-state index < -0.39 is 0 Å². The van der Waals surface area contributed by atoms with E-state index in [2.05, 4.69) is 4.98 Å². The number of piperidine rings is 1. The fourth-order valence-corrected chi connectivity index (χ4v) is 2.81. The lowest BCUT2D eigenvalue weighted by Crippen LogP contribution is -2.46. The van der Waals surface area contributed by atoms with Crippen molar-refractivity contribution in [3.05, 3.63) is 54.4 Å². The Bertz CT molecular complexity index is 675. The molecule has 126 valence electrons. The lowest BCUT2D eigenvalue weighted by molar-refractivity contribution is -0.136. The van der Waals surface area contributed by atoms with Gasteiger partial charge >= 0.3 is 0 Å². The number of hydrogen-bond acceptors (Lipinski definition) is 4. The molecule has 5 nitrogen and oxygen atoms in total. The number of hydrogen-bond donors (Lipinski definition) is 0. The summed E-state index contributed by atoms with van der Waals surface area (Å²) >= 11 is 0. The van der Waals surface area contributed by atoms with Crippen molar-refractivity contribution in [1.29, 1.82) is 0 Å². The van der Waals surface area contributed by atoms with Gasteiger partial charge in [0.1, 0.15) is 17.6 Å². The summed E-state index contributed by atoms with van der Waals surface area (Å²) in [7, 11) is 0. The molecule has 24 heavy (non-hydrogen) atoms. The first-order chi connectivity index (χ1) is 11.7. The monoisotopic (exact) mass is 326 g/mol. The molecule has 1 aromatic carbocycles. The zero-order valence-electron chi connectivity index (χ0n) is 13.9. The fraction of sp³-hybridized carbons (Fsp3) is 0.368. The molecule has 1 fully saturated rings. The highest BCUT2D eigenvalue weighted by Crippen LogP contribution is 2.18. The summed E-state index contributed by atoms with van der Waals surface area (Å²) in [5, 5.41) is 0. The molecule has 0 bridgehead atoms. The highest BCUT2D eigenvalue weighted by Gasteiger charge is 2.25. The van der Waals surface area contributed by atoms with Crippen LogP contribution in [0.1, 0.15) is 18.4 Å². The van der Waals surface area contributed by atoms with Crippen molar-refractivity contribution < 1.29 is 14.3 Å². The number of ether oxygens (including phenoxy) is 2. The lowest BCUT2D eigenvalue weighted by atomic mass is 10.1. The van der Waals surface area contributed by atoms with Crippen LogP contribution < -0.4 is 9.47 Å². The van der Waals surface area contributed by atoms with Crippen molar-refractivity contribution in [3.63, 3.8) is 0 Å². The molecule has 0 aliphatic carbocycles. The van der Waals surface area contributed by atoms with E-state index in [1.807, 2.05) is 48.2 Å². The zero-order chi connectivity index (χ0) is 16.8. The Labute approximate surface area is 142 Å². The van der Waals surface area contributed by atoms with Gasteiger partial charge in [-0.15, -0.1) is 0 Å². The number of aromatic nitrogens is 1. The van der Waals surface area contributed by atoms with Crippen LogP contribution in [-0.2, 0) is 4.79 Å². The molecule has 0 saturated carbocycles. The number of pyridine rings is 1. The molecule has 0 spiro atoms. The van der Waals surface area contributed by atoms with Crippen molar-refractivity contribution in [2.45, 2.75) is 25.9 Å². The number of carbonyl (C=O) groups excluding carboxylic acids is 1. The van der Waals surface area contributed by atoms with Gasteiger partial charge in [0.05, 0.1) is 6.54 Å². The third-order valence-electron chi connectivity index (χ3n) is 4.04. The third kappa shape index (κ3) is 4.47. The Morgan fingerprint density at radius 3 is 2.88 bits per heavy atom. The van der Waals surface area contributed by atoms with E-state index in [9.17, 15) is 4.79 Å². The van der Waals surface area contributed by atoms with E-state index in [1.165, 1.54) is 0 Å². The molecule has 1 aromatic heterocycles. The minimum atomic E-state index is -0.000431. The van der Waals surface area contributed by atoms with Crippen LogP contribution in [0.4, 0.5) is 0 Å². The van der Waals surface area contributed by atoms with Gasteiger partial charge in [0.15, 0.2) is 6.61 Å². The highest BCUT2D eigenvalue weighted by atomic mass is 16.5. The molecule has 3 rings (SSSR count). The summed E-state index contributed by atoms with van der Waals surface area (Å²) in [5.74, 6) is 1.52. The summed E-state index contributed by atoms with van der Waals surface area (Å²) in [6.07, 6.45) is 5.31. The van der Waals surface area contributed by atoms with Gasteiger partial charge in [0.25, 0.3) is 5.91 Å². The molecular weight excluding hydrogens is 304 g/mol. The van der Waals surface area contributed by atoms with Gasteiger partial charge in [-0.05, 0) is 49.6 Å². The summed E-state index contributed by atoms with van der Waals surface area (Å²) in [6.45, 7) is 3.41. The molecule has 1 aliphatic heterocycles. The molecule has 0 radical (unpaired) electrons. The molecule has 5 heteroatoms. The number of amides is 1. The summed E-state index contributed by atoms with van der Waals surface area (Å²) < 4.78 is 11.6. The van der Waals surface area contributed by atoms with Gasteiger partial charge in [-0.2, -0.15) is 0 Å². The third-order valence-corrected chi connectivity index (χ3v) is 4.04. The Hall–Kier alpha value is -2.56. The van der Waals surface area contributed by atoms with Crippen molar-refractivity contribution in [1.82, 2.24) is 9.88 Å². The van der Waals surface area contributed by atoms with Gasteiger partial charge in [-0.1, -0.05) is 12.1 Å². The van der Waals surface area contributed by atoms with E-state index in [1.54, 1.807) is 12.4 Å². The Balaban J connectivity index is 1.51. The Morgan fingerprint density at radius 2 is 2.08 bits per heavy atom. The Kier molecular flexibility index (Phi) is 5.31. The van der Waals surface area contributed by atoms with Crippen LogP contribution in [-0.4, -0.2) is 41.6 Å². The van der Waals surface area contributed by atoms with Gasteiger partial charge < -0.3 is 14.4 Å². The van der Waals surface area contributed by atoms with E-state index in [-0.39, 0.29) is 18.6 Å². The Morgan fingerprint density at radius 1 is 1.25 bits per heavy atom. The van der Waals surface area contributed by atoms with E-state index in [0.717, 1.165) is 36.4 Å². The smallest absolute Gasteiger partial charge is 0.260 e. The number of benzene rings is 1. The molecule has 0 N–H and O–H groups in total. The molecule has 2 aromatic rings. The van der Waals surface area contributed by atoms with E-state index >= 15 is 0 Å². The molecule has 1 saturated heterocycles. The van der Waals surface area contributed by atoms with Gasteiger partial charge in [0, 0.05) is 18.9 Å². The van der Waals surface area contributed by atoms with Crippen LogP contribution in [0.2, 0.25) is 0 Å². The van der Waals surface area contributed by atoms with Crippen LogP contribution in [0.5, 0.6) is 11.5 Å². The number of rotatable bonds is 5. The molecule has 1 unspecified atom stereocenters. The fourth-order valence-electron chi connectivity index (χ4n) is 2.81. The lowest BCUT2D eigenvalue weighted by Gasteiger charge is -2.32. The largest absolute Gasteiger partial charge is 0.488 e. The van der Waals surface area contributed by atoms with Crippen LogP contribution in [0.3, 0.4) is 0 Å². The van der Waals surface area contributed by atoms with Crippen molar-refractivity contribution in [3.8, 4) is 11.5 Å². The van der Waals surface area contributed by atoms with Gasteiger partial charge in [-0.3, -0.25) is 9.78 Å². The van der Waals surface area contributed by atoms with Crippen LogP contribution in [0.15, 0.2) is 48.8 Å². The highest BCUT2D eigenvalue weighted by molar-refractivity contribution is 5.77. The number of carbonyl (C=O) groups is 1. The second-order valence-electron chi connectivity index (χ2n) is 6.01. The SMILES string of the molecule is Cc1cccc(OCC(=O)N2CCCC(Oc3ccncc3)C2)c1. The van der Waals surface area contributed by atoms with Crippen molar-refractivity contribution >= 4 is 5.91 Å². The molecule has 1 atom stereocenters. The van der Waals surface area contributed by atoms with E-state index in [4.69, 9.17) is 9.47 Å². The summed E-state index contributed by atoms with van der Waals surface area (Å²) in [5.41, 5.74) is 1.11. The maximum Gasteiger partial charge on any atom is 0.260 e. The van der Waals surface area contributed by atoms with Gasteiger partial charge in [0.2, 0.25) is 0 Å². The zero-order valence-corrected chi connectivity index (χ0v) is 13.9. The van der Waals surface area contributed by atoms with Crippen LogP contribution in [0, 0.1) is 6.92 Å². The first-order valence-electron chi connectivity index (χ1n) is 8.24. The minimum Gasteiger partial charge on any atom is -0.488 e. The second-order valence-corrected chi connectivity index (χ2v) is 6.01. The van der Waals surface area contributed by atoms with Crippen LogP contribution in [0.25, 0.3) is 0 Å². The molecule has 2 heterocycles. The predicted octanol–water partition coefficient (Wildman–Crippen LogP) is 2.84. The standard InChI is InChI=1S/C19H22N2O3/c1-15-4-2-5-17(12-15)23-14-19(22)21-11-3-6-18(13-21)24-16-7-9-20-10-8-16/h2,4-5,7-10,12,18H,3,6,11,13-14H2,1H3. The average Bonchev–Trinajstić information content (AvgIpc) is 2.61. The quantitative estimate of drug-likeness (QED) is 0.848. The first-order valence-corrected chi connectivity index (χ1v) is 8.24. The average molecular weight is 326 g/mol. The number of nitrogens with zero attached hydrogens (tertiary/aromatic N) is 2. The number of aryl methyl sites for hydroxylation is 1. The topological polar surface area (TPSA) is 51.7 Å². The predicted molar refractivity (Wildman–Crippen MR) is 91.1 cm³/mol. The maximum absolute atomic E-state index is 12.4. The molecular formula is C19H22N2O3. The summed E-state index contributed by atoms with van der Waals surface area (Å²) in [4.78, 5) is 18.2. The normalized spacial score (nSPS) is 17.4. The van der Waals surface area contributed by atoms with Gasteiger partial charge in [-0.25, -0.2) is 0 Å². The first kappa shape index (κ1) is 16.3. The second kappa shape index (κ2) is 7.81. The minimum absolute atomic E-state index is 0.000431.